The van der Waals surface area contributed by atoms with Gasteiger partial charge in [-0.15, -0.1) is 0 Å². The van der Waals surface area contributed by atoms with Crippen molar-refractivity contribution in [2.24, 2.45) is 0 Å². The predicted molar refractivity (Wildman–Crippen MR) is 76.2 cm³/mol. The molecule has 2 heteroatoms. The molecule has 0 amide bonds. The highest BCUT2D eigenvalue weighted by Crippen LogP contribution is 2.43. The monoisotopic (exact) mass is 242 g/mol. The van der Waals surface area contributed by atoms with Crippen LogP contribution in [0.4, 0.5) is 0 Å². The fourth-order valence-corrected chi connectivity index (χ4v) is 8.34. The van der Waals surface area contributed by atoms with Crippen LogP contribution in [0.5, 0.6) is 0 Å². The molecule has 0 aliphatic heterocycles. The molecule has 0 rings (SSSR count). The number of hydrogen-bond acceptors (Lipinski definition) is 1. The SMILES string of the molecule is C/C=C(/CC)O[Si](C(C)C)(C(C)C)C(C)C. The van der Waals surface area contributed by atoms with E-state index in [0.717, 1.165) is 6.42 Å². The smallest absolute Gasteiger partial charge is 0.258 e. The summed E-state index contributed by atoms with van der Waals surface area (Å²) in [5.41, 5.74) is 1.98. The van der Waals surface area contributed by atoms with Gasteiger partial charge in [0.2, 0.25) is 0 Å². The zero-order valence-corrected chi connectivity index (χ0v) is 13.4. The van der Waals surface area contributed by atoms with Gasteiger partial charge in [0.1, 0.15) is 0 Å². The van der Waals surface area contributed by atoms with Gasteiger partial charge in [0.05, 0.1) is 5.76 Å². The molecule has 0 aliphatic carbocycles. The van der Waals surface area contributed by atoms with Gasteiger partial charge in [-0.25, -0.2) is 0 Å². The van der Waals surface area contributed by atoms with E-state index in [1.165, 1.54) is 5.76 Å². The molecule has 0 aromatic carbocycles. The molecule has 0 aromatic heterocycles. The van der Waals surface area contributed by atoms with Crippen LogP contribution in [-0.2, 0) is 4.43 Å². The lowest BCUT2D eigenvalue weighted by atomic mass is 10.4. The Morgan fingerprint density at radius 1 is 1.00 bits per heavy atom. The first kappa shape index (κ1) is 15.8. The van der Waals surface area contributed by atoms with E-state index < -0.39 is 8.32 Å². The summed E-state index contributed by atoms with van der Waals surface area (Å²) in [5.74, 6) is 1.18. The molecule has 0 atom stereocenters. The third kappa shape index (κ3) is 3.13. The highest BCUT2D eigenvalue weighted by molar-refractivity contribution is 6.77. The van der Waals surface area contributed by atoms with Gasteiger partial charge in [-0.1, -0.05) is 54.5 Å². The van der Waals surface area contributed by atoms with Crippen LogP contribution in [0.25, 0.3) is 0 Å². The van der Waals surface area contributed by atoms with E-state index in [2.05, 4.69) is 61.5 Å². The van der Waals surface area contributed by atoms with E-state index >= 15 is 0 Å². The minimum absolute atomic E-state index is 0.661. The maximum absolute atomic E-state index is 6.52. The van der Waals surface area contributed by atoms with Gasteiger partial charge in [0.25, 0.3) is 8.32 Å². The fraction of sp³-hybridized carbons (Fsp3) is 0.857. The van der Waals surface area contributed by atoms with Crippen LogP contribution >= 0.6 is 0 Å². The first-order valence-corrected chi connectivity index (χ1v) is 8.81. The summed E-state index contributed by atoms with van der Waals surface area (Å²) in [4.78, 5) is 0. The Balaban J connectivity index is 5.20. The number of rotatable bonds is 6. The first-order chi connectivity index (χ1) is 7.32. The first-order valence-electron chi connectivity index (χ1n) is 6.67. The molecule has 0 saturated carbocycles. The minimum Gasteiger partial charge on any atom is -0.546 e. The van der Waals surface area contributed by atoms with Crippen molar-refractivity contribution in [1.29, 1.82) is 0 Å². The normalized spacial score (nSPS) is 14.1. The van der Waals surface area contributed by atoms with Crippen molar-refractivity contribution in [1.82, 2.24) is 0 Å². The molecule has 0 aliphatic rings. The third-order valence-electron chi connectivity index (χ3n) is 3.69. The Labute approximate surface area is 103 Å². The van der Waals surface area contributed by atoms with Crippen molar-refractivity contribution in [3.8, 4) is 0 Å². The largest absolute Gasteiger partial charge is 0.546 e. The Hall–Kier alpha value is -0.243. The van der Waals surface area contributed by atoms with Gasteiger partial charge in [0.15, 0.2) is 0 Å². The van der Waals surface area contributed by atoms with Crippen LogP contribution in [0.2, 0.25) is 16.6 Å². The summed E-state index contributed by atoms with van der Waals surface area (Å²) >= 11 is 0. The van der Waals surface area contributed by atoms with Crippen molar-refractivity contribution in [2.75, 3.05) is 0 Å². The average molecular weight is 242 g/mol. The van der Waals surface area contributed by atoms with Gasteiger partial charge < -0.3 is 4.43 Å². The van der Waals surface area contributed by atoms with Crippen LogP contribution in [0.15, 0.2) is 11.8 Å². The van der Waals surface area contributed by atoms with E-state index in [9.17, 15) is 0 Å². The predicted octanol–water partition coefficient (Wildman–Crippen LogP) is 5.49. The van der Waals surface area contributed by atoms with Crippen LogP contribution in [0, 0.1) is 0 Å². The van der Waals surface area contributed by atoms with Crippen LogP contribution < -0.4 is 0 Å². The summed E-state index contributed by atoms with van der Waals surface area (Å²) in [6, 6.07) is 0. The number of hydrogen-bond donors (Lipinski definition) is 0. The highest BCUT2D eigenvalue weighted by Gasteiger charge is 2.46. The van der Waals surface area contributed by atoms with Crippen molar-refractivity contribution in [3.63, 3.8) is 0 Å². The maximum atomic E-state index is 6.52. The lowest BCUT2D eigenvalue weighted by Crippen LogP contribution is -2.47. The molecule has 0 fully saturated rings. The summed E-state index contributed by atoms with van der Waals surface area (Å²) in [7, 11) is -1.70. The van der Waals surface area contributed by atoms with Gasteiger partial charge in [-0.05, 0) is 23.5 Å². The Morgan fingerprint density at radius 3 is 1.56 bits per heavy atom. The molecule has 0 N–H and O–H groups in total. The molecule has 0 unspecified atom stereocenters. The van der Waals surface area contributed by atoms with Crippen LogP contribution in [0.1, 0.15) is 61.8 Å². The lowest BCUT2D eigenvalue weighted by molar-refractivity contribution is 0.358. The van der Waals surface area contributed by atoms with Crippen LogP contribution in [0.3, 0.4) is 0 Å². The molecule has 0 heterocycles. The molecular weight excluding hydrogens is 212 g/mol. The zero-order chi connectivity index (χ0) is 12.9. The second-order valence-electron chi connectivity index (χ2n) is 5.53. The maximum Gasteiger partial charge on any atom is 0.258 e. The summed E-state index contributed by atoms with van der Waals surface area (Å²) in [5, 5.41) is 0. The zero-order valence-electron chi connectivity index (χ0n) is 12.4. The van der Waals surface area contributed by atoms with Gasteiger partial charge in [0, 0.05) is 6.42 Å². The Morgan fingerprint density at radius 2 is 1.38 bits per heavy atom. The van der Waals surface area contributed by atoms with Gasteiger partial charge >= 0.3 is 0 Å². The van der Waals surface area contributed by atoms with Gasteiger partial charge in [-0.3, -0.25) is 0 Å². The quantitative estimate of drug-likeness (QED) is 0.442. The minimum atomic E-state index is -1.70. The molecular formula is C14H30OSi. The van der Waals surface area contributed by atoms with E-state index in [1.54, 1.807) is 0 Å². The molecule has 0 aromatic rings. The van der Waals surface area contributed by atoms with E-state index in [0.29, 0.717) is 16.6 Å². The highest BCUT2D eigenvalue weighted by atomic mass is 28.4. The van der Waals surface area contributed by atoms with Crippen molar-refractivity contribution in [3.05, 3.63) is 11.8 Å². The van der Waals surface area contributed by atoms with Crippen molar-refractivity contribution >= 4 is 8.32 Å². The molecule has 0 saturated heterocycles. The molecule has 96 valence electrons. The molecule has 0 spiro atoms. The molecule has 1 nitrogen and oxygen atoms in total. The van der Waals surface area contributed by atoms with Gasteiger partial charge in [-0.2, -0.15) is 0 Å². The fourth-order valence-electron chi connectivity index (χ4n) is 2.92. The van der Waals surface area contributed by atoms with Crippen molar-refractivity contribution in [2.45, 2.75) is 78.4 Å². The van der Waals surface area contributed by atoms with E-state index in [1.807, 2.05) is 0 Å². The van der Waals surface area contributed by atoms with E-state index in [4.69, 9.17) is 4.43 Å². The second kappa shape index (κ2) is 6.48. The third-order valence-corrected chi connectivity index (χ3v) is 9.72. The van der Waals surface area contributed by atoms with Crippen molar-refractivity contribution < 1.29 is 4.43 Å². The summed E-state index contributed by atoms with van der Waals surface area (Å²) in [6.45, 7) is 18.2. The standard InChI is InChI=1S/C14H30OSi/c1-9-14(10-2)15-16(11(3)4,12(5)6)13(7)8/h9,11-13H,10H2,1-8H3/b14-9-. The topological polar surface area (TPSA) is 9.23 Å². The lowest BCUT2D eigenvalue weighted by Gasteiger charge is -2.42. The average Bonchev–Trinajstić information content (AvgIpc) is 2.18. The molecule has 0 radical (unpaired) electrons. The summed E-state index contributed by atoms with van der Waals surface area (Å²) < 4.78 is 6.52. The Bertz CT molecular complexity index is 207. The summed E-state index contributed by atoms with van der Waals surface area (Å²) in [6.07, 6.45) is 3.15. The Kier molecular flexibility index (Phi) is 6.38. The number of allylic oxidation sites excluding steroid dienone is 2. The van der Waals surface area contributed by atoms with Crippen LogP contribution in [-0.4, -0.2) is 8.32 Å². The molecule has 16 heavy (non-hydrogen) atoms. The second-order valence-corrected chi connectivity index (χ2v) is 10.9. The molecule has 0 bridgehead atoms. The van der Waals surface area contributed by atoms with E-state index in [-0.39, 0.29) is 0 Å².